The fourth-order valence-electron chi connectivity index (χ4n) is 2.15. The first-order valence-electron chi connectivity index (χ1n) is 7.37. The zero-order chi connectivity index (χ0) is 15.7. The van der Waals surface area contributed by atoms with Crippen molar-refractivity contribution in [3.8, 4) is 11.5 Å². The second-order valence-corrected chi connectivity index (χ2v) is 4.97. The first-order chi connectivity index (χ1) is 10.1. The zero-order valence-corrected chi connectivity index (χ0v) is 13.1. The molecule has 0 fully saturated rings. The first kappa shape index (κ1) is 17.3. The maximum atomic E-state index is 12.2. The van der Waals surface area contributed by atoms with Crippen LogP contribution in [-0.2, 0) is 4.79 Å². The molecule has 1 rings (SSSR count). The van der Waals surface area contributed by atoms with Crippen molar-refractivity contribution in [2.45, 2.75) is 26.7 Å². The smallest absolute Gasteiger partial charge is 0.227 e. The number of rotatable bonds is 9. The van der Waals surface area contributed by atoms with E-state index in [0.717, 1.165) is 24.3 Å². The van der Waals surface area contributed by atoms with E-state index in [4.69, 9.17) is 15.2 Å². The summed E-state index contributed by atoms with van der Waals surface area (Å²) in [6.45, 7) is 5.23. The molecule has 118 valence electrons. The van der Waals surface area contributed by atoms with E-state index < -0.39 is 5.41 Å². The fraction of sp³-hybridized carbons (Fsp3) is 0.562. The van der Waals surface area contributed by atoms with Crippen LogP contribution in [0.2, 0.25) is 0 Å². The van der Waals surface area contributed by atoms with E-state index in [2.05, 4.69) is 5.32 Å². The minimum absolute atomic E-state index is 0.00771. The quantitative estimate of drug-likeness (QED) is 0.683. The highest BCUT2D eigenvalue weighted by molar-refractivity contribution is 5.82. The summed E-state index contributed by atoms with van der Waals surface area (Å²) in [5.41, 5.74) is 5.29. The average Bonchev–Trinajstić information content (AvgIpc) is 2.54. The van der Waals surface area contributed by atoms with Crippen molar-refractivity contribution >= 4 is 5.91 Å². The van der Waals surface area contributed by atoms with E-state index in [1.54, 1.807) is 7.11 Å². The molecule has 1 aromatic carbocycles. The van der Waals surface area contributed by atoms with Gasteiger partial charge in [0.2, 0.25) is 5.91 Å². The van der Waals surface area contributed by atoms with Crippen LogP contribution >= 0.6 is 0 Å². The normalized spacial score (nSPS) is 11.0. The van der Waals surface area contributed by atoms with Crippen LogP contribution in [0.1, 0.15) is 26.7 Å². The van der Waals surface area contributed by atoms with Crippen molar-refractivity contribution in [3.63, 3.8) is 0 Å². The lowest BCUT2D eigenvalue weighted by Crippen LogP contribution is -2.46. The van der Waals surface area contributed by atoms with Gasteiger partial charge in [-0.15, -0.1) is 0 Å². The second kappa shape index (κ2) is 8.52. The number of carbonyl (C=O) groups is 1. The third-order valence-corrected chi connectivity index (χ3v) is 3.94. The molecule has 0 atom stereocenters. The van der Waals surface area contributed by atoms with Gasteiger partial charge in [0.15, 0.2) is 0 Å². The van der Waals surface area contributed by atoms with Crippen molar-refractivity contribution in [2.75, 3.05) is 26.8 Å². The van der Waals surface area contributed by atoms with Crippen LogP contribution in [0.4, 0.5) is 0 Å². The van der Waals surface area contributed by atoms with Crippen LogP contribution in [0.5, 0.6) is 11.5 Å². The van der Waals surface area contributed by atoms with Crippen LogP contribution in [0.15, 0.2) is 24.3 Å². The molecule has 0 heterocycles. The lowest BCUT2D eigenvalue weighted by atomic mass is 9.81. The van der Waals surface area contributed by atoms with Gasteiger partial charge >= 0.3 is 0 Å². The number of methoxy groups -OCH3 is 1. The Balaban J connectivity index is 2.37. The van der Waals surface area contributed by atoms with Crippen LogP contribution in [0.25, 0.3) is 0 Å². The Morgan fingerprint density at radius 3 is 2.24 bits per heavy atom. The maximum absolute atomic E-state index is 12.2. The van der Waals surface area contributed by atoms with Gasteiger partial charge in [-0.2, -0.15) is 0 Å². The Kier molecular flexibility index (Phi) is 7.02. The van der Waals surface area contributed by atoms with Gasteiger partial charge < -0.3 is 20.5 Å². The van der Waals surface area contributed by atoms with Gasteiger partial charge in [0.1, 0.15) is 18.1 Å². The Morgan fingerprint density at radius 1 is 1.19 bits per heavy atom. The molecule has 0 aliphatic rings. The van der Waals surface area contributed by atoms with Gasteiger partial charge in [-0.3, -0.25) is 4.79 Å². The van der Waals surface area contributed by atoms with E-state index in [-0.39, 0.29) is 5.91 Å². The molecule has 0 aliphatic heterocycles. The molecule has 1 aromatic rings. The Bertz CT molecular complexity index is 419. The predicted octanol–water partition coefficient (Wildman–Crippen LogP) is 1.96. The summed E-state index contributed by atoms with van der Waals surface area (Å²) in [6.07, 6.45) is 1.48. The summed E-state index contributed by atoms with van der Waals surface area (Å²) < 4.78 is 10.6. The topological polar surface area (TPSA) is 73.6 Å². The number of ether oxygens (including phenoxy) is 2. The molecule has 5 nitrogen and oxygen atoms in total. The molecule has 0 spiro atoms. The number of amides is 1. The number of nitrogens with two attached hydrogens (primary N) is 1. The molecule has 0 saturated carbocycles. The second-order valence-electron chi connectivity index (χ2n) is 4.97. The molecular weight excluding hydrogens is 268 g/mol. The number of nitrogens with one attached hydrogen (secondary N) is 1. The third kappa shape index (κ3) is 4.63. The van der Waals surface area contributed by atoms with Gasteiger partial charge in [0.05, 0.1) is 19.1 Å². The molecule has 1 amide bonds. The van der Waals surface area contributed by atoms with Crippen LogP contribution < -0.4 is 20.5 Å². The lowest BCUT2D eigenvalue weighted by Gasteiger charge is -2.28. The van der Waals surface area contributed by atoms with Gasteiger partial charge in [-0.1, -0.05) is 13.8 Å². The summed E-state index contributed by atoms with van der Waals surface area (Å²) in [6, 6.07) is 7.34. The Morgan fingerprint density at radius 2 is 1.76 bits per heavy atom. The standard InChI is InChI=1S/C16H26N2O3/c1-4-16(5-2,12-17)15(19)18-10-11-21-14-8-6-13(20-3)7-9-14/h6-9H,4-5,10-12,17H2,1-3H3,(H,18,19). The molecule has 0 aliphatic carbocycles. The fourth-order valence-corrected chi connectivity index (χ4v) is 2.15. The predicted molar refractivity (Wildman–Crippen MR) is 83.6 cm³/mol. The van der Waals surface area contributed by atoms with Gasteiger partial charge in [0.25, 0.3) is 0 Å². The van der Waals surface area contributed by atoms with E-state index in [1.807, 2.05) is 38.1 Å². The maximum Gasteiger partial charge on any atom is 0.227 e. The van der Waals surface area contributed by atoms with Crippen molar-refractivity contribution in [1.29, 1.82) is 0 Å². The van der Waals surface area contributed by atoms with E-state index >= 15 is 0 Å². The number of hydrogen-bond acceptors (Lipinski definition) is 4. The van der Waals surface area contributed by atoms with E-state index in [0.29, 0.717) is 19.7 Å². The van der Waals surface area contributed by atoms with Crippen molar-refractivity contribution in [1.82, 2.24) is 5.32 Å². The molecule has 3 N–H and O–H groups in total. The van der Waals surface area contributed by atoms with E-state index in [1.165, 1.54) is 0 Å². The number of carbonyl (C=O) groups excluding carboxylic acids is 1. The van der Waals surface area contributed by atoms with Crippen LogP contribution in [0, 0.1) is 5.41 Å². The van der Waals surface area contributed by atoms with Crippen molar-refractivity contribution in [2.24, 2.45) is 11.1 Å². The Hall–Kier alpha value is -1.75. The summed E-state index contributed by atoms with van der Waals surface area (Å²) in [4.78, 5) is 12.2. The third-order valence-electron chi connectivity index (χ3n) is 3.94. The van der Waals surface area contributed by atoms with Crippen LogP contribution in [-0.4, -0.2) is 32.7 Å². The summed E-state index contributed by atoms with van der Waals surface area (Å²) >= 11 is 0. The highest BCUT2D eigenvalue weighted by atomic mass is 16.5. The molecular formula is C16H26N2O3. The van der Waals surface area contributed by atoms with Gasteiger partial charge in [-0.05, 0) is 37.1 Å². The molecule has 21 heavy (non-hydrogen) atoms. The summed E-state index contributed by atoms with van der Waals surface area (Å²) in [7, 11) is 1.62. The van der Waals surface area contributed by atoms with Gasteiger partial charge in [-0.25, -0.2) is 0 Å². The molecule has 0 unspecified atom stereocenters. The monoisotopic (exact) mass is 294 g/mol. The minimum atomic E-state index is -0.458. The zero-order valence-electron chi connectivity index (χ0n) is 13.1. The van der Waals surface area contributed by atoms with E-state index in [9.17, 15) is 4.79 Å². The molecule has 0 bridgehead atoms. The molecule has 0 aromatic heterocycles. The lowest BCUT2D eigenvalue weighted by molar-refractivity contribution is -0.131. The summed E-state index contributed by atoms with van der Waals surface area (Å²) in [5.74, 6) is 1.55. The summed E-state index contributed by atoms with van der Waals surface area (Å²) in [5, 5.41) is 2.90. The highest BCUT2D eigenvalue weighted by Gasteiger charge is 2.32. The average molecular weight is 294 g/mol. The van der Waals surface area contributed by atoms with Crippen molar-refractivity contribution in [3.05, 3.63) is 24.3 Å². The highest BCUT2D eigenvalue weighted by Crippen LogP contribution is 2.24. The van der Waals surface area contributed by atoms with Gasteiger partial charge in [0, 0.05) is 6.54 Å². The van der Waals surface area contributed by atoms with Crippen molar-refractivity contribution < 1.29 is 14.3 Å². The number of benzene rings is 1. The molecule has 0 radical (unpaired) electrons. The first-order valence-corrected chi connectivity index (χ1v) is 7.37. The number of hydrogen-bond donors (Lipinski definition) is 2. The minimum Gasteiger partial charge on any atom is -0.497 e. The largest absolute Gasteiger partial charge is 0.497 e. The molecule has 5 heteroatoms. The van der Waals surface area contributed by atoms with Crippen LogP contribution in [0.3, 0.4) is 0 Å². The SMILES string of the molecule is CCC(CC)(CN)C(=O)NCCOc1ccc(OC)cc1. The Labute approximate surface area is 126 Å². The molecule has 0 saturated heterocycles.